The van der Waals surface area contributed by atoms with Gasteiger partial charge in [-0.05, 0) is 19.8 Å². The molecule has 52 valence electrons. The Morgan fingerprint density at radius 2 is 2.33 bits per heavy atom. The van der Waals surface area contributed by atoms with Gasteiger partial charge in [0, 0.05) is 0 Å². The molecular formula is C6H9BrO2. The molecule has 0 spiro atoms. The van der Waals surface area contributed by atoms with Crippen molar-refractivity contribution < 1.29 is 9.53 Å². The Morgan fingerprint density at radius 1 is 1.78 bits per heavy atom. The lowest BCUT2D eigenvalue weighted by Crippen LogP contribution is -2.17. The molecule has 1 fully saturated rings. The van der Waals surface area contributed by atoms with Crippen LogP contribution in [0.15, 0.2) is 0 Å². The quantitative estimate of drug-likeness (QED) is 0.490. The maximum absolute atomic E-state index is 10.9. The summed E-state index contributed by atoms with van der Waals surface area (Å²) >= 11 is 3.28. The van der Waals surface area contributed by atoms with Crippen LogP contribution in [0.1, 0.15) is 19.8 Å². The predicted octanol–water partition coefficient (Wildman–Crippen LogP) is 1.48. The van der Waals surface area contributed by atoms with Gasteiger partial charge < -0.3 is 4.74 Å². The minimum Gasteiger partial charge on any atom is -0.465 e. The van der Waals surface area contributed by atoms with Crippen molar-refractivity contribution >= 4 is 21.9 Å². The molecule has 0 aliphatic heterocycles. The zero-order valence-corrected chi connectivity index (χ0v) is 6.90. The lowest BCUT2D eigenvalue weighted by molar-refractivity contribution is -0.143. The second-order valence-corrected chi connectivity index (χ2v) is 3.70. The van der Waals surface area contributed by atoms with E-state index in [1.165, 1.54) is 0 Å². The van der Waals surface area contributed by atoms with Crippen molar-refractivity contribution in [2.24, 2.45) is 0 Å². The predicted molar refractivity (Wildman–Crippen MR) is 37.5 cm³/mol. The molecule has 0 bridgehead atoms. The number of rotatable bonds is 2. The largest absolute Gasteiger partial charge is 0.465 e. The van der Waals surface area contributed by atoms with Gasteiger partial charge >= 0.3 is 5.97 Å². The standard InChI is InChI=1S/C6H9BrO2/c1-2-9-5(8)6(7)3-4-6/h2-4H2,1H3. The van der Waals surface area contributed by atoms with Crippen LogP contribution >= 0.6 is 15.9 Å². The second kappa shape index (κ2) is 2.29. The maximum atomic E-state index is 10.9. The summed E-state index contributed by atoms with van der Waals surface area (Å²) in [6.07, 6.45) is 1.84. The van der Waals surface area contributed by atoms with Crippen molar-refractivity contribution in [1.82, 2.24) is 0 Å². The normalized spacial score (nSPS) is 21.1. The summed E-state index contributed by atoms with van der Waals surface area (Å²) in [4.78, 5) is 10.9. The van der Waals surface area contributed by atoms with Crippen LogP contribution in [0, 0.1) is 0 Å². The van der Waals surface area contributed by atoms with Gasteiger partial charge in [-0.15, -0.1) is 0 Å². The fraction of sp³-hybridized carbons (Fsp3) is 0.833. The Kier molecular flexibility index (Phi) is 1.80. The van der Waals surface area contributed by atoms with Crippen molar-refractivity contribution in [3.05, 3.63) is 0 Å². The maximum Gasteiger partial charge on any atom is 0.322 e. The Labute approximate surface area is 62.7 Å². The molecule has 1 rings (SSSR count). The molecular weight excluding hydrogens is 184 g/mol. The molecule has 1 aliphatic rings. The molecule has 2 nitrogen and oxygen atoms in total. The van der Waals surface area contributed by atoms with Crippen molar-refractivity contribution in [1.29, 1.82) is 0 Å². The van der Waals surface area contributed by atoms with Gasteiger partial charge in [0.1, 0.15) is 4.32 Å². The number of hydrogen-bond donors (Lipinski definition) is 0. The molecule has 0 aromatic heterocycles. The molecule has 0 heterocycles. The van der Waals surface area contributed by atoms with E-state index in [0.29, 0.717) is 6.61 Å². The van der Waals surface area contributed by atoms with E-state index >= 15 is 0 Å². The van der Waals surface area contributed by atoms with Crippen LogP contribution in [-0.4, -0.2) is 16.9 Å². The molecule has 1 aliphatic carbocycles. The Hall–Kier alpha value is -0.0500. The van der Waals surface area contributed by atoms with Gasteiger partial charge in [0.25, 0.3) is 0 Å². The molecule has 0 amide bonds. The first-order chi connectivity index (χ1) is 4.19. The topological polar surface area (TPSA) is 26.3 Å². The van der Waals surface area contributed by atoms with E-state index < -0.39 is 0 Å². The van der Waals surface area contributed by atoms with E-state index in [0.717, 1.165) is 12.8 Å². The molecule has 0 aromatic rings. The van der Waals surface area contributed by atoms with Crippen molar-refractivity contribution in [2.75, 3.05) is 6.61 Å². The number of ether oxygens (including phenoxy) is 1. The zero-order valence-electron chi connectivity index (χ0n) is 5.32. The number of alkyl halides is 1. The molecule has 0 aromatic carbocycles. The molecule has 0 saturated heterocycles. The average molecular weight is 193 g/mol. The van der Waals surface area contributed by atoms with E-state index in [4.69, 9.17) is 4.74 Å². The first-order valence-corrected chi connectivity index (χ1v) is 3.84. The van der Waals surface area contributed by atoms with Crippen molar-refractivity contribution in [3.63, 3.8) is 0 Å². The zero-order chi connectivity index (χ0) is 6.91. The van der Waals surface area contributed by atoms with Crippen LogP contribution in [0.3, 0.4) is 0 Å². The van der Waals surface area contributed by atoms with Gasteiger partial charge in [-0.25, -0.2) is 0 Å². The number of carbonyl (C=O) groups is 1. The van der Waals surface area contributed by atoms with Gasteiger partial charge in [-0.2, -0.15) is 0 Å². The highest BCUT2D eigenvalue weighted by Crippen LogP contribution is 2.45. The second-order valence-electron chi connectivity index (χ2n) is 2.19. The monoisotopic (exact) mass is 192 g/mol. The third kappa shape index (κ3) is 1.45. The lowest BCUT2D eigenvalue weighted by Gasteiger charge is -2.03. The van der Waals surface area contributed by atoms with Crippen LogP contribution in [-0.2, 0) is 9.53 Å². The Balaban J connectivity index is 2.34. The number of hydrogen-bond acceptors (Lipinski definition) is 2. The Bertz CT molecular complexity index is 129. The van der Waals surface area contributed by atoms with Gasteiger partial charge in [0.05, 0.1) is 6.61 Å². The molecule has 0 N–H and O–H groups in total. The van der Waals surface area contributed by atoms with E-state index in [9.17, 15) is 4.79 Å². The summed E-state index contributed by atoms with van der Waals surface area (Å²) in [7, 11) is 0. The fourth-order valence-electron chi connectivity index (χ4n) is 0.574. The summed E-state index contributed by atoms with van der Waals surface area (Å²) in [5.41, 5.74) is 0. The van der Waals surface area contributed by atoms with Gasteiger partial charge in [-0.1, -0.05) is 15.9 Å². The van der Waals surface area contributed by atoms with Crippen molar-refractivity contribution in [3.8, 4) is 0 Å². The summed E-state index contributed by atoms with van der Waals surface area (Å²) in [6, 6.07) is 0. The summed E-state index contributed by atoms with van der Waals surface area (Å²) in [5, 5.41) is 0. The van der Waals surface area contributed by atoms with Crippen LogP contribution < -0.4 is 0 Å². The van der Waals surface area contributed by atoms with Crippen molar-refractivity contribution in [2.45, 2.75) is 24.1 Å². The number of carbonyl (C=O) groups excluding carboxylic acids is 1. The highest BCUT2D eigenvalue weighted by Gasteiger charge is 2.48. The summed E-state index contributed by atoms with van der Waals surface area (Å²) in [5.74, 6) is -0.106. The summed E-state index contributed by atoms with van der Waals surface area (Å²) in [6.45, 7) is 2.29. The molecule has 9 heavy (non-hydrogen) atoms. The molecule has 3 heteroatoms. The lowest BCUT2D eigenvalue weighted by atomic mass is 10.4. The molecule has 0 radical (unpaired) electrons. The van der Waals surface area contributed by atoms with Crippen LogP contribution in [0.2, 0.25) is 0 Å². The van der Waals surface area contributed by atoms with E-state index in [1.807, 2.05) is 6.92 Å². The van der Waals surface area contributed by atoms with Gasteiger partial charge in [0.2, 0.25) is 0 Å². The SMILES string of the molecule is CCOC(=O)C1(Br)CC1. The third-order valence-electron chi connectivity index (χ3n) is 1.33. The van der Waals surface area contributed by atoms with E-state index in [1.54, 1.807) is 0 Å². The number of esters is 1. The summed E-state index contributed by atoms with van der Waals surface area (Å²) < 4.78 is 4.49. The number of halogens is 1. The first-order valence-electron chi connectivity index (χ1n) is 3.05. The van der Waals surface area contributed by atoms with Crippen LogP contribution in [0.25, 0.3) is 0 Å². The first kappa shape index (κ1) is 7.06. The minimum atomic E-state index is -0.289. The van der Waals surface area contributed by atoms with E-state index in [-0.39, 0.29) is 10.3 Å². The molecule has 1 saturated carbocycles. The van der Waals surface area contributed by atoms with E-state index in [2.05, 4.69) is 15.9 Å². The minimum absolute atomic E-state index is 0.106. The Morgan fingerprint density at radius 3 is 2.67 bits per heavy atom. The smallest absolute Gasteiger partial charge is 0.322 e. The molecule has 0 atom stereocenters. The third-order valence-corrected chi connectivity index (χ3v) is 2.45. The van der Waals surface area contributed by atoms with Crippen LogP contribution in [0.5, 0.6) is 0 Å². The fourth-order valence-corrected chi connectivity index (χ4v) is 0.887. The van der Waals surface area contributed by atoms with Crippen LogP contribution in [0.4, 0.5) is 0 Å². The highest BCUT2D eigenvalue weighted by atomic mass is 79.9. The molecule has 0 unspecified atom stereocenters. The van der Waals surface area contributed by atoms with Gasteiger partial charge in [-0.3, -0.25) is 4.79 Å². The highest BCUT2D eigenvalue weighted by molar-refractivity contribution is 9.10. The average Bonchev–Trinajstić information content (AvgIpc) is 2.50. The van der Waals surface area contributed by atoms with Gasteiger partial charge in [0.15, 0.2) is 0 Å².